The summed E-state index contributed by atoms with van der Waals surface area (Å²) >= 11 is 0. The Hall–Kier alpha value is -1.30. The van der Waals surface area contributed by atoms with Crippen LogP contribution in [-0.4, -0.2) is 60.0 Å². The molecular formula is C18H32N4O2. The van der Waals surface area contributed by atoms with Gasteiger partial charge >= 0.3 is 6.03 Å². The molecule has 6 nitrogen and oxygen atoms in total. The van der Waals surface area contributed by atoms with Crippen molar-refractivity contribution in [2.45, 2.75) is 58.0 Å². The number of fused-ring (bicyclic) bond motifs is 2. The van der Waals surface area contributed by atoms with Crippen molar-refractivity contribution in [1.29, 1.82) is 0 Å². The van der Waals surface area contributed by atoms with Crippen molar-refractivity contribution < 1.29 is 9.59 Å². The highest BCUT2D eigenvalue weighted by atomic mass is 16.2. The van der Waals surface area contributed by atoms with Crippen LogP contribution in [0.2, 0.25) is 0 Å². The van der Waals surface area contributed by atoms with Crippen molar-refractivity contribution in [2.75, 3.05) is 26.2 Å². The first-order valence-corrected chi connectivity index (χ1v) is 9.54. The van der Waals surface area contributed by atoms with Gasteiger partial charge in [-0.2, -0.15) is 0 Å². The highest BCUT2D eigenvalue weighted by Crippen LogP contribution is 2.49. The predicted octanol–water partition coefficient (Wildman–Crippen LogP) is 1.40. The largest absolute Gasteiger partial charge is 0.352 e. The minimum absolute atomic E-state index is 0.123. The van der Waals surface area contributed by atoms with Crippen molar-refractivity contribution in [3.05, 3.63) is 0 Å². The van der Waals surface area contributed by atoms with Gasteiger partial charge in [-0.3, -0.25) is 9.69 Å². The number of carbonyl (C=O) groups is 2. The molecule has 3 aliphatic rings. The molecule has 1 heterocycles. The Morgan fingerprint density at radius 3 is 2.50 bits per heavy atom. The van der Waals surface area contributed by atoms with Gasteiger partial charge in [0.1, 0.15) is 0 Å². The lowest BCUT2D eigenvalue weighted by molar-refractivity contribution is -0.127. The molecule has 2 aliphatic carbocycles. The summed E-state index contributed by atoms with van der Waals surface area (Å²) in [6.45, 7) is 6.98. The Balaban J connectivity index is 1.50. The molecule has 24 heavy (non-hydrogen) atoms. The van der Waals surface area contributed by atoms with Gasteiger partial charge in [-0.05, 0) is 57.3 Å². The smallest absolute Gasteiger partial charge is 0.314 e. The van der Waals surface area contributed by atoms with Crippen LogP contribution in [0.4, 0.5) is 4.79 Å². The van der Waals surface area contributed by atoms with Gasteiger partial charge in [0.15, 0.2) is 0 Å². The molecule has 0 aromatic rings. The highest BCUT2D eigenvalue weighted by Gasteiger charge is 2.42. The maximum atomic E-state index is 12.7. The van der Waals surface area contributed by atoms with E-state index in [1.54, 1.807) is 4.90 Å². The molecule has 0 spiro atoms. The van der Waals surface area contributed by atoms with E-state index in [1.165, 1.54) is 25.7 Å². The molecule has 3 rings (SSSR count). The Labute approximate surface area is 145 Å². The Bertz CT molecular complexity index is 484. The quantitative estimate of drug-likeness (QED) is 0.814. The Morgan fingerprint density at radius 2 is 1.88 bits per heavy atom. The third-order valence-corrected chi connectivity index (χ3v) is 6.57. The monoisotopic (exact) mass is 336 g/mol. The van der Waals surface area contributed by atoms with Gasteiger partial charge in [0.2, 0.25) is 5.91 Å². The number of hydrogen-bond acceptors (Lipinski definition) is 3. The van der Waals surface area contributed by atoms with E-state index in [4.69, 9.17) is 5.73 Å². The molecule has 2 saturated carbocycles. The number of nitrogens with one attached hydrogen (secondary N) is 1. The summed E-state index contributed by atoms with van der Waals surface area (Å²) in [5, 5.41) is 3.27. The second-order valence-corrected chi connectivity index (χ2v) is 8.03. The van der Waals surface area contributed by atoms with Crippen molar-refractivity contribution in [2.24, 2.45) is 23.5 Å². The standard InChI is InChI=1S/C18H32N4O2/c1-12(16-11-14-4-5-15(16)10-14)20-17(23)13(2)21-6-3-7-22(9-8-21)18(19)24/h12-16H,3-11H2,1-2H3,(H2,19,24)(H,20,23). The molecule has 1 saturated heterocycles. The Kier molecular flexibility index (Phi) is 5.33. The predicted molar refractivity (Wildman–Crippen MR) is 93.4 cm³/mol. The van der Waals surface area contributed by atoms with Gasteiger partial charge in [0, 0.05) is 32.2 Å². The average Bonchev–Trinajstić information content (AvgIpc) is 3.09. The molecule has 5 unspecified atom stereocenters. The van der Waals surface area contributed by atoms with Gasteiger partial charge in [-0.15, -0.1) is 0 Å². The lowest BCUT2D eigenvalue weighted by Gasteiger charge is -2.32. The van der Waals surface area contributed by atoms with Gasteiger partial charge in [0.05, 0.1) is 6.04 Å². The van der Waals surface area contributed by atoms with Crippen LogP contribution in [0, 0.1) is 17.8 Å². The van der Waals surface area contributed by atoms with Gasteiger partial charge in [0.25, 0.3) is 0 Å². The van der Waals surface area contributed by atoms with Crippen molar-refractivity contribution >= 4 is 11.9 Å². The lowest BCUT2D eigenvalue weighted by atomic mass is 9.84. The van der Waals surface area contributed by atoms with Crippen LogP contribution in [0.1, 0.15) is 46.0 Å². The summed E-state index contributed by atoms with van der Waals surface area (Å²) in [6.07, 6.45) is 6.26. The number of hydrogen-bond donors (Lipinski definition) is 2. The summed E-state index contributed by atoms with van der Waals surface area (Å²) in [5.74, 6) is 2.51. The molecule has 0 aromatic carbocycles. The summed E-state index contributed by atoms with van der Waals surface area (Å²) in [4.78, 5) is 27.8. The van der Waals surface area contributed by atoms with Gasteiger partial charge in [-0.1, -0.05) is 6.42 Å². The summed E-state index contributed by atoms with van der Waals surface area (Å²) in [5.41, 5.74) is 5.37. The van der Waals surface area contributed by atoms with Crippen LogP contribution >= 0.6 is 0 Å². The molecule has 3 amide bonds. The second-order valence-electron chi connectivity index (χ2n) is 8.03. The number of carbonyl (C=O) groups excluding carboxylic acids is 2. The fourth-order valence-corrected chi connectivity index (χ4v) is 5.07. The maximum Gasteiger partial charge on any atom is 0.314 e. The van der Waals surface area contributed by atoms with Crippen LogP contribution in [-0.2, 0) is 4.79 Å². The van der Waals surface area contributed by atoms with E-state index in [0.717, 1.165) is 24.8 Å². The molecule has 2 bridgehead atoms. The van der Waals surface area contributed by atoms with Crippen LogP contribution < -0.4 is 11.1 Å². The summed E-state index contributed by atoms with van der Waals surface area (Å²) in [7, 11) is 0. The Morgan fingerprint density at radius 1 is 1.08 bits per heavy atom. The van der Waals surface area contributed by atoms with Crippen LogP contribution in [0.15, 0.2) is 0 Å². The zero-order chi connectivity index (χ0) is 17.3. The van der Waals surface area contributed by atoms with Crippen molar-refractivity contribution in [3.8, 4) is 0 Å². The fraction of sp³-hybridized carbons (Fsp3) is 0.889. The molecular weight excluding hydrogens is 304 g/mol. The van der Waals surface area contributed by atoms with E-state index in [9.17, 15) is 9.59 Å². The van der Waals surface area contributed by atoms with Crippen LogP contribution in [0.5, 0.6) is 0 Å². The van der Waals surface area contributed by atoms with E-state index in [2.05, 4.69) is 17.1 Å². The summed E-state index contributed by atoms with van der Waals surface area (Å²) < 4.78 is 0. The number of urea groups is 1. The van der Waals surface area contributed by atoms with E-state index < -0.39 is 0 Å². The minimum Gasteiger partial charge on any atom is -0.352 e. The highest BCUT2D eigenvalue weighted by molar-refractivity contribution is 5.81. The first-order chi connectivity index (χ1) is 11.5. The normalized spacial score (nSPS) is 33.1. The third kappa shape index (κ3) is 3.68. The number of rotatable bonds is 4. The van der Waals surface area contributed by atoms with Crippen molar-refractivity contribution in [1.82, 2.24) is 15.1 Å². The van der Waals surface area contributed by atoms with Crippen molar-refractivity contribution in [3.63, 3.8) is 0 Å². The van der Waals surface area contributed by atoms with Crippen LogP contribution in [0.25, 0.3) is 0 Å². The molecule has 1 aliphatic heterocycles. The molecule has 0 radical (unpaired) electrons. The SMILES string of the molecule is CC(NC(=O)C(C)N1CCCN(C(N)=O)CC1)C1CC2CCC1C2. The molecule has 5 atom stereocenters. The van der Waals surface area contributed by atoms with Crippen LogP contribution in [0.3, 0.4) is 0 Å². The van der Waals surface area contributed by atoms with Gasteiger partial charge < -0.3 is 16.0 Å². The third-order valence-electron chi connectivity index (χ3n) is 6.57. The van der Waals surface area contributed by atoms with E-state index in [1.807, 2.05) is 6.92 Å². The zero-order valence-electron chi connectivity index (χ0n) is 15.0. The molecule has 3 fully saturated rings. The molecule has 6 heteroatoms. The van der Waals surface area contributed by atoms with E-state index in [0.29, 0.717) is 25.6 Å². The first kappa shape index (κ1) is 17.5. The minimum atomic E-state index is -0.362. The van der Waals surface area contributed by atoms with E-state index >= 15 is 0 Å². The number of nitrogens with two attached hydrogens (primary N) is 1. The number of primary amides is 1. The van der Waals surface area contributed by atoms with Gasteiger partial charge in [-0.25, -0.2) is 4.79 Å². The number of nitrogens with zero attached hydrogens (tertiary/aromatic N) is 2. The lowest BCUT2D eigenvalue weighted by Crippen LogP contribution is -2.50. The number of amides is 3. The molecule has 0 aromatic heterocycles. The average molecular weight is 336 g/mol. The topological polar surface area (TPSA) is 78.7 Å². The zero-order valence-corrected chi connectivity index (χ0v) is 15.0. The molecule has 3 N–H and O–H groups in total. The first-order valence-electron chi connectivity index (χ1n) is 9.54. The second kappa shape index (κ2) is 7.30. The fourth-order valence-electron chi connectivity index (χ4n) is 5.07. The maximum absolute atomic E-state index is 12.7. The molecule has 136 valence electrons. The summed E-state index contributed by atoms with van der Waals surface area (Å²) in [6, 6.07) is -0.248. The van der Waals surface area contributed by atoms with E-state index in [-0.39, 0.29) is 24.0 Å².